The summed E-state index contributed by atoms with van der Waals surface area (Å²) >= 11 is 6.81. The van der Waals surface area contributed by atoms with E-state index >= 15 is 0 Å². The number of benzene rings is 2. The maximum atomic E-state index is 8.49. The van der Waals surface area contributed by atoms with Gasteiger partial charge >= 0.3 is 0 Å². The van der Waals surface area contributed by atoms with Gasteiger partial charge in [0.25, 0.3) is 11.5 Å². The molecule has 2 aromatic rings. The Hall–Kier alpha value is -1.83. The zero-order valence-corrected chi connectivity index (χ0v) is 14.9. The van der Waals surface area contributed by atoms with Gasteiger partial charge in [-0.15, -0.1) is 10.2 Å². The minimum absolute atomic E-state index is 0.0458. The molecule has 1 aliphatic carbocycles. The fraction of sp³-hybridized carbons (Fsp3) is 0.105. The molecule has 134 valence electrons. The first-order valence-corrected chi connectivity index (χ1v) is 9.24. The van der Waals surface area contributed by atoms with E-state index in [-0.39, 0.29) is 6.10 Å². The van der Waals surface area contributed by atoms with E-state index in [1.807, 2.05) is 42.5 Å². The van der Waals surface area contributed by atoms with Crippen molar-refractivity contribution in [1.82, 2.24) is 0 Å². The van der Waals surface area contributed by atoms with Gasteiger partial charge in [0, 0.05) is 11.1 Å². The predicted molar refractivity (Wildman–Crippen MR) is 86.6 cm³/mol. The Kier molecular flexibility index (Phi) is 5.41. The molecule has 0 saturated carbocycles. The number of ether oxygens (including phenoxy) is 1. The summed E-state index contributed by atoms with van der Waals surface area (Å²) in [6.45, 7) is 1.73. The third-order valence-corrected chi connectivity index (χ3v) is 4.41. The molecule has 2 aliphatic rings. The Morgan fingerprint density at radius 1 is 0.962 bits per heavy atom. The Bertz CT molecular complexity index is 823. The van der Waals surface area contributed by atoms with Crippen molar-refractivity contribution in [2.75, 3.05) is 0 Å². The van der Waals surface area contributed by atoms with Crippen LogP contribution in [0.15, 0.2) is 66.7 Å². The normalized spacial score (nSPS) is 23.6. The fourth-order valence-corrected chi connectivity index (χ4v) is 3.20. The summed E-state index contributed by atoms with van der Waals surface area (Å²) in [6.07, 6.45) is 6.25. The van der Waals surface area contributed by atoms with Crippen LogP contribution in [-0.2, 0) is 9.61 Å². The molecule has 0 radical (unpaired) electrons. The van der Waals surface area contributed by atoms with Crippen LogP contribution < -0.4 is 18.6 Å². The molecule has 7 heteroatoms. The Labute approximate surface area is 158 Å². The molecule has 2 atom stereocenters. The standard InChI is InChI=1S/C19H14ClO.ClHO4/c20-19(15-7-2-1-3-8-15)12-17-16-9-5-4-6-14(16)10-11-18(17)21-13-19;2-1(3,4)5/h1-13,18H;(H,2,3,4,5)/q+1;/p-1. The summed E-state index contributed by atoms with van der Waals surface area (Å²) in [4.78, 5) is -0.717. The van der Waals surface area contributed by atoms with Crippen molar-refractivity contribution in [1.29, 1.82) is 0 Å². The molecule has 0 spiro atoms. The first-order valence-electron chi connectivity index (χ1n) is 7.63. The van der Waals surface area contributed by atoms with Gasteiger partial charge in [-0.3, -0.25) is 0 Å². The quantitative estimate of drug-likeness (QED) is 0.503. The van der Waals surface area contributed by atoms with Crippen LogP contribution in [0.1, 0.15) is 16.7 Å². The van der Waals surface area contributed by atoms with Crippen LogP contribution in [0, 0.1) is 16.9 Å². The molecule has 0 fully saturated rings. The molecular weight excluding hydrogens is 379 g/mol. The summed E-state index contributed by atoms with van der Waals surface area (Å²) in [7, 11) is -4.94. The molecule has 0 saturated heterocycles. The molecule has 0 bridgehead atoms. The van der Waals surface area contributed by atoms with Crippen molar-refractivity contribution in [3.63, 3.8) is 0 Å². The van der Waals surface area contributed by atoms with E-state index in [2.05, 4.69) is 30.4 Å². The minimum atomic E-state index is -4.94. The second kappa shape index (κ2) is 7.42. The average Bonchev–Trinajstić information content (AvgIpc) is 2.61. The van der Waals surface area contributed by atoms with E-state index in [0.717, 1.165) is 11.1 Å². The molecular formula is C19H14Cl2O5. The van der Waals surface area contributed by atoms with Gasteiger partial charge in [-0.25, -0.2) is 18.6 Å². The van der Waals surface area contributed by atoms with Gasteiger partial charge in [0.05, 0.1) is 0 Å². The van der Waals surface area contributed by atoms with Crippen LogP contribution in [0.5, 0.6) is 0 Å². The molecule has 0 N–H and O–H groups in total. The van der Waals surface area contributed by atoms with Crippen molar-refractivity contribution in [3.8, 4) is 0 Å². The topological polar surface area (TPSA) is 101 Å². The van der Waals surface area contributed by atoms with Crippen LogP contribution in [0.2, 0.25) is 0 Å². The zero-order chi connectivity index (χ0) is 18.8. The minimum Gasteiger partial charge on any atom is -0.222 e. The smallest absolute Gasteiger partial charge is 0.222 e. The molecule has 2 aromatic carbocycles. The number of fused-ring (bicyclic) bond motifs is 3. The monoisotopic (exact) mass is 392 g/mol. The van der Waals surface area contributed by atoms with Gasteiger partial charge in [0.15, 0.2) is 6.10 Å². The first kappa shape index (κ1) is 18.9. The highest BCUT2D eigenvalue weighted by atomic mass is 35.7. The summed E-state index contributed by atoms with van der Waals surface area (Å²) in [5.74, 6) is 0. The van der Waals surface area contributed by atoms with E-state index < -0.39 is 15.1 Å². The van der Waals surface area contributed by atoms with E-state index in [1.54, 1.807) is 6.61 Å². The van der Waals surface area contributed by atoms with Gasteiger partial charge in [-0.2, -0.15) is 4.74 Å². The van der Waals surface area contributed by atoms with Gasteiger partial charge in [0.1, 0.15) is 0 Å². The lowest BCUT2D eigenvalue weighted by molar-refractivity contribution is -2.00. The number of hydrogen-bond donors (Lipinski definition) is 0. The second-order valence-electron chi connectivity index (χ2n) is 5.73. The second-order valence-corrected chi connectivity index (χ2v) is 7.11. The average molecular weight is 393 g/mol. The van der Waals surface area contributed by atoms with Crippen molar-refractivity contribution in [2.45, 2.75) is 11.0 Å². The highest BCUT2D eigenvalue weighted by Gasteiger charge is 2.45. The Morgan fingerprint density at radius 3 is 2.27 bits per heavy atom. The molecule has 5 nitrogen and oxygen atoms in total. The molecule has 0 amide bonds. The van der Waals surface area contributed by atoms with Crippen molar-refractivity contribution in [2.24, 2.45) is 0 Å². The lowest BCUT2D eigenvalue weighted by Gasteiger charge is -2.28. The van der Waals surface area contributed by atoms with Gasteiger partial charge in [0.2, 0.25) is 0 Å². The maximum absolute atomic E-state index is 8.49. The fourth-order valence-electron chi connectivity index (χ4n) is 2.91. The van der Waals surface area contributed by atoms with Crippen LogP contribution in [0.4, 0.5) is 0 Å². The van der Waals surface area contributed by atoms with Gasteiger partial charge < -0.3 is 0 Å². The maximum Gasteiger partial charge on any atom is 0.259 e. The number of rotatable bonds is 1. The molecule has 1 heterocycles. The summed E-state index contributed by atoms with van der Waals surface area (Å²) in [6, 6.07) is 18.3. The van der Waals surface area contributed by atoms with E-state index in [0.29, 0.717) is 0 Å². The molecule has 26 heavy (non-hydrogen) atoms. The van der Waals surface area contributed by atoms with Crippen LogP contribution in [0.3, 0.4) is 0 Å². The van der Waals surface area contributed by atoms with Crippen molar-refractivity contribution in [3.05, 3.63) is 90.0 Å². The third kappa shape index (κ3) is 4.47. The van der Waals surface area contributed by atoms with Crippen LogP contribution in [0.25, 0.3) is 11.6 Å². The van der Waals surface area contributed by atoms with E-state index in [4.69, 9.17) is 35.0 Å². The highest BCUT2D eigenvalue weighted by Crippen LogP contribution is 2.44. The first-order chi connectivity index (χ1) is 12.3. The molecule has 4 rings (SSSR count). The summed E-state index contributed by atoms with van der Waals surface area (Å²) in [5.41, 5.74) is 4.55. The summed E-state index contributed by atoms with van der Waals surface area (Å²) in [5, 5.41) is 0. The Balaban J connectivity index is 0.000000349. The third-order valence-electron chi connectivity index (χ3n) is 4.00. The van der Waals surface area contributed by atoms with Crippen LogP contribution >= 0.6 is 11.6 Å². The predicted octanol–water partition coefficient (Wildman–Crippen LogP) is 0.0357. The Morgan fingerprint density at radius 2 is 1.58 bits per heavy atom. The summed E-state index contributed by atoms with van der Waals surface area (Å²) < 4.78 is 39.9. The van der Waals surface area contributed by atoms with Gasteiger partial charge in [-0.1, -0.05) is 72.3 Å². The van der Waals surface area contributed by atoms with E-state index in [1.165, 1.54) is 11.1 Å². The van der Waals surface area contributed by atoms with Crippen molar-refractivity contribution < 1.29 is 33.6 Å². The number of alkyl halides is 1. The largest absolute Gasteiger partial charge is 0.259 e. The van der Waals surface area contributed by atoms with Gasteiger partial charge in [-0.05, 0) is 23.3 Å². The van der Waals surface area contributed by atoms with E-state index in [9.17, 15) is 0 Å². The number of halogens is 2. The molecule has 2 unspecified atom stereocenters. The van der Waals surface area contributed by atoms with Crippen molar-refractivity contribution >= 4 is 23.3 Å². The molecule has 0 aromatic heterocycles. The lowest BCUT2D eigenvalue weighted by atomic mass is 9.84. The highest BCUT2D eigenvalue weighted by molar-refractivity contribution is 6.27. The zero-order valence-electron chi connectivity index (χ0n) is 13.4. The lowest BCUT2D eigenvalue weighted by Crippen LogP contribution is -2.68. The molecule has 1 aliphatic heterocycles. The van der Waals surface area contributed by atoms with Crippen LogP contribution in [-0.4, -0.2) is 6.10 Å². The SMILES string of the molecule is ClC1(c2ccccc2)C=C2c3ccccc3C=CC2O[CH+]1.[O-][Cl+3]([O-])([O-])[O-]. The number of hydrogen-bond acceptors (Lipinski definition) is 5.